The molecule has 1 amide bonds. The van der Waals surface area contributed by atoms with E-state index >= 15 is 0 Å². The Bertz CT molecular complexity index is 441. The molecule has 0 bridgehead atoms. The molecule has 1 aromatic heterocycles. The lowest BCUT2D eigenvalue weighted by molar-refractivity contribution is -0.132. The zero-order valence-corrected chi connectivity index (χ0v) is 12.4. The summed E-state index contributed by atoms with van der Waals surface area (Å²) in [7, 11) is 0. The summed E-state index contributed by atoms with van der Waals surface area (Å²) in [6.07, 6.45) is 3.27. The molecule has 0 fully saturated rings. The topological polar surface area (TPSA) is 55.3 Å². The number of hydrogen-bond donors (Lipinski definition) is 0. The fourth-order valence-electron chi connectivity index (χ4n) is 1.17. The highest BCUT2D eigenvalue weighted by molar-refractivity contribution is 7.13. The number of alkyl halides is 2. The van der Waals surface area contributed by atoms with Gasteiger partial charge in [-0.2, -0.15) is 0 Å². The lowest BCUT2D eigenvalue weighted by Crippen LogP contribution is -2.35. The van der Waals surface area contributed by atoms with Crippen LogP contribution in [-0.2, 0) is 4.79 Å². The Morgan fingerprint density at radius 2 is 2.00 bits per heavy atom. The monoisotopic (exact) mass is 321 g/mol. The van der Waals surface area contributed by atoms with Crippen LogP contribution in [0.2, 0.25) is 0 Å². The van der Waals surface area contributed by atoms with Gasteiger partial charge in [0.15, 0.2) is 16.5 Å². The number of carbonyl (C=O) groups excluding carboxylic acids is 1. The van der Waals surface area contributed by atoms with Crippen molar-refractivity contribution in [3.05, 3.63) is 30.3 Å². The molecule has 0 N–H and O–H groups in total. The maximum absolute atomic E-state index is 11.8. The van der Waals surface area contributed by atoms with Crippen molar-refractivity contribution in [3.8, 4) is 5.19 Å². The van der Waals surface area contributed by atoms with Crippen molar-refractivity contribution >= 4 is 40.4 Å². The third-order valence-corrected chi connectivity index (χ3v) is 3.55. The average molecular weight is 322 g/mol. The van der Waals surface area contributed by atoms with Gasteiger partial charge in [0, 0.05) is 13.1 Å². The molecule has 1 aromatic rings. The van der Waals surface area contributed by atoms with Gasteiger partial charge in [-0.25, -0.2) is 0 Å². The van der Waals surface area contributed by atoms with Gasteiger partial charge in [0.25, 0.3) is 11.1 Å². The quantitative estimate of drug-likeness (QED) is 0.545. The SMILES string of the molecule is C=CCN(CC=C)C(=O)COc1nnc(C(Cl)Cl)s1. The van der Waals surface area contributed by atoms with E-state index in [1.165, 1.54) is 0 Å². The molecule has 0 radical (unpaired) electrons. The molecule has 0 aromatic carbocycles. The minimum absolute atomic E-state index is 0.133. The molecule has 0 spiro atoms. The highest BCUT2D eigenvalue weighted by Gasteiger charge is 2.15. The summed E-state index contributed by atoms with van der Waals surface area (Å²) in [5.41, 5.74) is 0. The minimum Gasteiger partial charge on any atom is -0.459 e. The zero-order chi connectivity index (χ0) is 14.3. The van der Waals surface area contributed by atoms with Crippen LogP contribution < -0.4 is 4.74 Å². The number of nitrogens with zero attached hydrogens (tertiary/aromatic N) is 3. The van der Waals surface area contributed by atoms with Crippen molar-refractivity contribution in [3.63, 3.8) is 0 Å². The predicted molar refractivity (Wildman–Crippen MR) is 76.8 cm³/mol. The Balaban J connectivity index is 2.51. The van der Waals surface area contributed by atoms with E-state index in [2.05, 4.69) is 23.4 Å². The standard InChI is InChI=1S/C11H13Cl2N3O2S/c1-3-5-16(6-4-2)8(17)7-18-11-15-14-10(19-11)9(12)13/h3-4,9H,1-2,5-7H2. The van der Waals surface area contributed by atoms with Crippen LogP contribution in [0, 0.1) is 0 Å². The van der Waals surface area contributed by atoms with E-state index in [0.717, 1.165) is 11.3 Å². The number of carbonyl (C=O) groups is 1. The number of aromatic nitrogens is 2. The molecule has 0 atom stereocenters. The molecular formula is C11H13Cl2N3O2S. The number of halogens is 2. The van der Waals surface area contributed by atoms with Gasteiger partial charge >= 0.3 is 0 Å². The van der Waals surface area contributed by atoms with Crippen molar-refractivity contribution in [1.29, 1.82) is 0 Å². The smallest absolute Gasteiger partial charge is 0.294 e. The number of rotatable bonds is 8. The van der Waals surface area contributed by atoms with Crippen LogP contribution in [0.4, 0.5) is 0 Å². The molecule has 0 aliphatic heterocycles. The Morgan fingerprint density at radius 1 is 1.37 bits per heavy atom. The first-order chi connectivity index (χ1) is 9.08. The van der Waals surface area contributed by atoms with Gasteiger partial charge in [0.05, 0.1) is 0 Å². The Kier molecular flexibility index (Phi) is 6.83. The molecule has 1 rings (SSSR count). The van der Waals surface area contributed by atoms with Gasteiger partial charge in [-0.15, -0.1) is 18.3 Å². The van der Waals surface area contributed by atoms with E-state index in [4.69, 9.17) is 27.9 Å². The van der Waals surface area contributed by atoms with Crippen LogP contribution in [0.1, 0.15) is 9.84 Å². The molecule has 5 nitrogen and oxygen atoms in total. The predicted octanol–water partition coefficient (Wildman–Crippen LogP) is 2.59. The van der Waals surface area contributed by atoms with Crippen molar-refractivity contribution in [2.45, 2.75) is 4.84 Å². The Morgan fingerprint density at radius 3 is 2.47 bits per heavy atom. The van der Waals surface area contributed by atoms with Crippen molar-refractivity contribution in [2.75, 3.05) is 19.7 Å². The van der Waals surface area contributed by atoms with Gasteiger partial charge in [-0.05, 0) is 0 Å². The lowest BCUT2D eigenvalue weighted by Gasteiger charge is -2.18. The van der Waals surface area contributed by atoms with Crippen LogP contribution >= 0.6 is 34.5 Å². The Hall–Kier alpha value is -1.11. The van der Waals surface area contributed by atoms with Crippen LogP contribution in [-0.4, -0.2) is 40.7 Å². The van der Waals surface area contributed by atoms with E-state index in [0.29, 0.717) is 18.1 Å². The average Bonchev–Trinajstić information content (AvgIpc) is 2.84. The molecule has 0 aliphatic carbocycles. The number of hydrogen-bond acceptors (Lipinski definition) is 5. The molecule has 0 unspecified atom stereocenters. The largest absolute Gasteiger partial charge is 0.459 e. The van der Waals surface area contributed by atoms with Gasteiger partial charge in [-0.3, -0.25) is 4.79 Å². The molecule has 0 saturated heterocycles. The molecule has 8 heteroatoms. The summed E-state index contributed by atoms with van der Waals surface area (Å²) in [6, 6.07) is 0. The normalized spacial score (nSPS) is 10.3. The second-order valence-electron chi connectivity index (χ2n) is 3.37. The first-order valence-corrected chi connectivity index (χ1v) is 7.01. The highest BCUT2D eigenvalue weighted by atomic mass is 35.5. The molecule has 0 saturated carbocycles. The second kappa shape index (κ2) is 8.14. The van der Waals surface area contributed by atoms with E-state index in [1.807, 2.05) is 0 Å². The van der Waals surface area contributed by atoms with E-state index in [1.54, 1.807) is 17.1 Å². The third kappa shape index (κ3) is 5.18. The Labute approximate surface area is 125 Å². The molecule has 104 valence electrons. The fraction of sp³-hybridized carbons (Fsp3) is 0.364. The summed E-state index contributed by atoms with van der Waals surface area (Å²) in [5.74, 6) is -0.190. The third-order valence-electron chi connectivity index (χ3n) is 1.98. The van der Waals surface area contributed by atoms with Crippen LogP contribution in [0.5, 0.6) is 5.19 Å². The zero-order valence-electron chi connectivity index (χ0n) is 10.1. The van der Waals surface area contributed by atoms with Gasteiger partial charge in [-0.1, -0.05) is 51.8 Å². The van der Waals surface area contributed by atoms with E-state index in [-0.39, 0.29) is 17.7 Å². The van der Waals surface area contributed by atoms with Crippen molar-refractivity contribution in [2.24, 2.45) is 0 Å². The molecule has 19 heavy (non-hydrogen) atoms. The molecule has 0 aliphatic rings. The van der Waals surface area contributed by atoms with Gasteiger partial charge < -0.3 is 9.64 Å². The fourth-order valence-corrected chi connectivity index (χ4v) is 2.08. The summed E-state index contributed by atoms with van der Waals surface area (Å²) < 4.78 is 5.24. The van der Waals surface area contributed by atoms with E-state index in [9.17, 15) is 4.79 Å². The maximum atomic E-state index is 11.8. The summed E-state index contributed by atoms with van der Waals surface area (Å²) in [4.78, 5) is 12.6. The maximum Gasteiger partial charge on any atom is 0.294 e. The van der Waals surface area contributed by atoms with Gasteiger partial charge in [0.2, 0.25) is 0 Å². The first kappa shape index (κ1) is 15.9. The summed E-state index contributed by atoms with van der Waals surface area (Å²) in [5, 5.41) is 8.15. The van der Waals surface area contributed by atoms with Gasteiger partial charge in [0.1, 0.15) is 0 Å². The molecular weight excluding hydrogens is 309 g/mol. The second-order valence-corrected chi connectivity index (χ2v) is 5.44. The van der Waals surface area contributed by atoms with E-state index < -0.39 is 4.84 Å². The van der Waals surface area contributed by atoms with Crippen molar-refractivity contribution < 1.29 is 9.53 Å². The van der Waals surface area contributed by atoms with Crippen LogP contribution in [0.15, 0.2) is 25.3 Å². The molecule has 1 heterocycles. The summed E-state index contributed by atoms with van der Waals surface area (Å²) >= 11 is 12.4. The van der Waals surface area contributed by atoms with Crippen LogP contribution in [0.25, 0.3) is 0 Å². The van der Waals surface area contributed by atoms with Crippen molar-refractivity contribution in [1.82, 2.24) is 15.1 Å². The summed E-state index contributed by atoms with van der Waals surface area (Å²) in [6.45, 7) is 7.90. The van der Waals surface area contributed by atoms with Crippen LogP contribution in [0.3, 0.4) is 0 Å². The first-order valence-electron chi connectivity index (χ1n) is 5.32. The number of amides is 1. The highest BCUT2D eigenvalue weighted by Crippen LogP contribution is 2.30. The minimum atomic E-state index is -0.747. The lowest BCUT2D eigenvalue weighted by atomic mass is 10.4. The number of ether oxygens (including phenoxy) is 1.